The van der Waals surface area contributed by atoms with E-state index in [-0.39, 0.29) is 10.7 Å². The third kappa shape index (κ3) is 3.37. The van der Waals surface area contributed by atoms with E-state index in [4.69, 9.17) is 11.6 Å². The number of nitrogens with one attached hydrogen (secondary N) is 2. The summed E-state index contributed by atoms with van der Waals surface area (Å²) < 4.78 is 2.27. The topological polar surface area (TPSA) is 76.0 Å². The number of halogens is 2. The average Bonchev–Trinajstić information content (AvgIpc) is 2.75. The van der Waals surface area contributed by atoms with Crippen molar-refractivity contribution in [2.45, 2.75) is 0 Å². The molecule has 2 rings (SSSR count). The zero-order chi connectivity index (χ0) is 14.7. The number of rotatable bonds is 2. The molecule has 1 aromatic heterocycles. The molecule has 6 nitrogen and oxygen atoms in total. The van der Waals surface area contributed by atoms with Crippen molar-refractivity contribution in [1.82, 2.24) is 20.6 Å². The maximum absolute atomic E-state index is 11.8. The highest BCUT2D eigenvalue weighted by Gasteiger charge is 2.15. The number of benzene rings is 1. The first-order valence-corrected chi connectivity index (χ1v) is 6.70. The zero-order valence-electron chi connectivity index (χ0n) is 10.4. The quantitative estimate of drug-likeness (QED) is 0.806. The van der Waals surface area contributed by atoms with Gasteiger partial charge in [0.25, 0.3) is 11.8 Å². The molecule has 104 valence electrons. The minimum absolute atomic E-state index is 0.0465. The molecule has 0 aliphatic rings. The molecule has 0 radical (unpaired) electrons. The number of hydrogen-bond acceptors (Lipinski definition) is 3. The number of hydrogen-bond donors (Lipinski definition) is 2. The van der Waals surface area contributed by atoms with Gasteiger partial charge in [-0.25, -0.2) is 0 Å². The monoisotopic (exact) mass is 356 g/mol. The molecule has 0 bridgehead atoms. The molecule has 0 saturated carbocycles. The van der Waals surface area contributed by atoms with Crippen molar-refractivity contribution >= 4 is 39.3 Å². The van der Waals surface area contributed by atoms with Crippen LogP contribution in [0, 0.1) is 0 Å². The molecule has 2 aromatic rings. The van der Waals surface area contributed by atoms with Crippen LogP contribution in [0.5, 0.6) is 0 Å². The fourth-order valence-corrected chi connectivity index (χ4v) is 1.99. The second kappa shape index (κ2) is 6.06. The summed E-state index contributed by atoms with van der Waals surface area (Å²) in [6.45, 7) is 0. The van der Waals surface area contributed by atoms with Crippen LogP contribution in [0.25, 0.3) is 0 Å². The van der Waals surface area contributed by atoms with Crippen molar-refractivity contribution in [3.63, 3.8) is 0 Å². The highest BCUT2D eigenvalue weighted by Crippen LogP contribution is 2.12. The van der Waals surface area contributed by atoms with Gasteiger partial charge >= 0.3 is 0 Å². The molecular weight excluding hydrogens is 348 g/mol. The Kier molecular flexibility index (Phi) is 4.41. The van der Waals surface area contributed by atoms with Crippen LogP contribution < -0.4 is 10.9 Å². The summed E-state index contributed by atoms with van der Waals surface area (Å²) in [6.07, 6.45) is 1.49. The van der Waals surface area contributed by atoms with Crippen molar-refractivity contribution in [3.8, 4) is 0 Å². The van der Waals surface area contributed by atoms with Gasteiger partial charge in [0.1, 0.15) is 0 Å². The van der Waals surface area contributed by atoms with E-state index in [2.05, 4.69) is 31.9 Å². The van der Waals surface area contributed by atoms with E-state index < -0.39 is 11.8 Å². The van der Waals surface area contributed by atoms with Crippen LogP contribution in [-0.2, 0) is 7.05 Å². The van der Waals surface area contributed by atoms with E-state index in [9.17, 15) is 9.59 Å². The number of carbonyl (C=O) groups excluding carboxylic acids is 2. The fraction of sp³-hybridized carbons (Fsp3) is 0.0833. The van der Waals surface area contributed by atoms with Crippen LogP contribution in [0.15, 0.2) is 34.9 Å². The SMILES string of the molecule is Cn1cc(Cl)c(C(=O)NNC(=O)c2ccc(Br)cc2)n1. The minimum Gasteiger partial charge on any atom is -0.273 e. The maximum atomic E-state index is 11.8. The van der Waals surface area contributed by atoms with E-state index in [1.165, 1.54) is 10.9 Å². The van der Waals surface area contributed by atoms with Crippen molar-refractivity contribution in [3.05, 3.63) is 51.2 Å². The summed E-state index contributed by atoms with van der Waals surface area (Å²) in [5, 5.41) is 4.10. The van der Waals surface area contributed by atoms with Crippen LogP contribution in [0.1, 0.15) is 20.8 Å². The van der Waals surface area contributed by atoms with Crippen molar-refractivity contribution < 1.29 is 9.59 Å². The molecule has 0 aliphatic heterocycles. The Bertz CT molecular complexity index is 654. The van der Waals surface area contributed by atoms with E-state index >= 15 is 0 Å². The van der Waals surface area contributed by atoms with Gasteiger partial charge in [-0.3, -0.25) is 25.1 Å². The van der Waals surface area contributed by atoms with Crippen molar-refractivity contribution in [2.75, 3.05) is 0 Å². The Balaban J connectivity index is 1.98. The molecule has 0 aliphatic carbocycles. The van der Waals surface area contributed by atoms with Gasteiger partial charge in [-0.15, -0.1) is 0 Å². The van der Waals surface area contributed by atoms with E-state index in [0.717, 1.165) is 4.47 Å². The first kappa shape index (κ1) is 14.5. The zero-order valence-corrected chi connectivity index (χ0v) is 12.7. The summed E-state index contributed by atoms with van der Waals surface area (Å²) in [7, 11) is 1.64. The lowest BCUT2D eigenvalue weighted by molar-refractivity contribution is 0.0843. The number of aromatic nitrogens is 2. The van der Waals surface area contributed by atoms with Crippen LogP contribution in [0.2, 0.25) is 5.02 Å². The molecule has 0 fully saturated rings. The first-order valence-electron chi connectivity index (χ1n) is 5.53. The van der Waals surface area contributed by atoms with Gasteiger partial charge < -0.3 is 0 Å². The van der Waals surface area contributed by atoms with Crippen LogP contribution >= 0.6 is 27.5 Å². The van der Waals surface area contributed by atoms with Gasteiger partial charge in [-0.1, -0.05) is 27.5 Å². The van der Waals surface area contributed by atoms with Gasteiger partial charge in [0, 0.05) is 23.3 Å². The lowest BCUT2D eigenvalue weighted by atomic mass is 10.2. The van der Waals surface area contributed by atoms with E-state index in [1.54, 1.807) is 31.3 Å². The summed E-state index contributed by atoms with van der Waals surface area (Å²) in [5.74, 6) is -1.01. The standard InChI is InChI=1S/C12H10BrClN4O2/c1-18-6-9(14)10(17-18)12(20)16-15-11(19)7-2-4-8(13)5-3-7/h2-6H,1H3,(H,15,19)(H,16,20). The van der Waals surface area contributed by atoms with Crippen LogP contribution in [0.4, 0.5) is 0 Å². The molecule has 0 saturated heterocycles. The molecule has 20 heavy (non-hydrogen) atoms. The average molecular weight is 358 g/mol. The summed E-state index contributed by atoms with van der Waals surface area (Å²) in [6, 6.07) is 6.71. The number of amides is 2. The molecule has 0 spiro atoms. The fourth-order valence-electron chi connectivity index (χ4n) is 1.46. The lowest BCUT2D eigenvalue weighted by Gasteiger charge is -2.06. The van der Waals surface area contributed by atoms with E-state index in [0.29, 0.717) is 5.56 Å². The second-order valence-electron chi connectivity index (χ2n) is 3.91. The third-order valence-corrected chi connectivity index (χ3v) is 3.20. The predicted molar refractivity (Wildman–Crippen MR) is 77.3 cm³/mol. The highest BCUT2D eigenvalue weighted by molar-refractivity contribution is 9.10. The van der Waals surface area contributed by atoms with E-state index in [1.807, 2.05) is 0 Å². The van der Waals surface area contributed by atoms with Gasteiger partial charge in [0.05, 0.1) is 5.02 Å². The molecular formula is C12H10BrClN4O2. The van der Waals surface area contributed by atoms with Crippen molar-refractivity contribution in [1.29, 1.82) is 0 Å². The molecule has 1 aromatic carbocycles. The minimum atomic E-state index is -0.582. The lowest BCUT2D eigenvalue weighted by Crippen LogP contribution is -2.41. The highest BCUT2D eigenvalue weighted by atomic mass is 79.9. The number of aryl methyl sites for hydroxylation is 1. The normalized spacial score (nSPS) is 10.2. The Hall–Kier alpha value is -1.86. The smallest absolute Gasteiger partial charge is 0.273 e. The molecule has 0 atom stereocenters. The van der Waals surface area contributed by atoms with Gasteiger partial charge in [-0.2, -0.15) is 5.10 Å². The Morgan fingerprint density at radius 2 is 1.80 bits per heavy atom. The second-order valence-corrected chi connectivity index (χ2v) is 5.24. The largest absolute Gasteiger partial charge is 0.291 e. The van der Waals surface area contributed by atoms with Crippen LogP contribution in [0.3, 0.4) is 0 Å². The molecule has 1 heterocycles. The van der Waals surface area contributed by atoms with Gasteiger partial charge in [0.15, 0.2) is 5.69 Å². The third-order valence-electron chi connectivity index (χ3n) is 2.40. The molecule has 2 N–H and O–H groups in total. The van der Waals surface area contributed by atoms with Gasteiger partial charge in [-0.05, 0) is 24.3 Å². The predicted octanol–water partition coefficient (Wildman–Crippen LogP) is 1.91. The molecule has 8 heteroatoms. The van der Waals surface area contributed by atoms with Crippen molar-refractivity contribution in [2.24, 2.45) is 7.05 Å². The first-order chi connectivity index (χ1) is 9.47. The Morgan fingerprint density at radius 1 is 1.20 bits per heavy atom. The van der Waals surface area contributed by atoms with Crippen LogP contribution in [-0.4, -0.2) is 21.6 Å². The Labute approximate surface area is 128 Å². The molecule has 0 unspecified atom stereocenters. The number of carbonyl (C=O) groups is 2. The molecule has 2 amide bonds. The van der Waals surface area contributed by atoms with Gasteiger partial charge in [0.2, 0.25) is 0 Å². The Morgan fingerprint density at radius 3 is 2.35 bits per heavy atom. The summed E-state index contributed by atoms with van der Waals surface area (Å²) in [5.41, 5.74) is 5.01. The number of nitrogens with zero attached hydrogens (tertiary/aromatic N) is 2. The summed E-state index contributed by atoms with van der Waals surface area (Å²) in [4.78, 5) is 23.6. The maximum Gasteiger partial charge on any atom is 0.291 e. The number of hydrazine groups is 1. The summed E-state index contributed by atoms with van der Waals surface area (Å²) >= 11 is 9.10.